The van der Waals surface area contributed by atoms with Crippen LogP contribution < -0.4 is 5.32 Å². The van der Waals surface area contributed by atoms with Crippen LogP contribution in [0.1, 0.15) is 52.4 Å². The van der Waals surface area contributed by atoms with Crippen molar-refractivity contribution in [3.05, 3.63) is 0 Å². The van der Waals surface area contributed by atoms with Gasteiger partial charge < -0.3 is 10.1 Å². The van der Waals surface area contributed by atoms with Gasteiger partial charge in [0.15, 0.2) is 0 Å². The second-order valence-corrected chi connectivity index (χ2v) is 6.83. The number of ether oxygens (including phenoxy) is 1. The van der Waals surface area contributed by atoms with Gasteiger partial charge in [0.05, 0.1) is 0 Å². The van der Waals surface area contributed by atoms with Gasteiger partial charge in [-0.05, 0) is 45.1 Å². The molecule has 0 radical (unpaired) electrons. The Morgan fingerprint density at radius 1 is 1.22 bits per heavy atom. The molecule has 0 aromatic rings. The van der Waals surface area contributed by atoms with Crippen LogP contribution in [0.5, 0.6) is 0 Å². The van der Waals surface area contributed by atoms with Gasteiger partial charge in [0.1, 0.15) is 0 Å². The predicted octanol–water partition coefficient (Wildman–Crippen LogP) is 3.70. The van der Waals surface area contributed by atoms with Gasteiger partial charge in [-0.3, -0.25) is 0 Å². The van der Waals surface area contributed by atoms with Crippen LogP contribution in [-0.2, 0) is 4.74 Å². The average Bonchev–Trinajstić information content (AvgIpc) is 2.37. The lowest BCUT2D eigenvalue weighted by Crippen LogP contribution is -2.21. The van der Waals surface area contributed by atoms with E-state index in [1.807, 2.05) is 0 Å². The summed E-state index contributed by atoms with van der Waals surface area (Å²) in [6, 6.07) is 0. The molecule has 2 nitrogen and oxygen atoms in total. The van der Waals surface area contributed by atoms with Crippen molar-refractivity contribution in [2.75, 3.05) is 32.1 Å². The summed E-state index contributed by atoms with van der Waals surface area (Å²) in [6.07, 6.45) is 8.22. The third kappa shape index (κ3) is 8.39. The second kappa shape index (κ2) is 11.1. The molecule has 0 amide bonds. The zero-order valence-corrected chi connectivity index (χ0v) is 13.1. The Morgan fingerprint density at radius 3 is 2.89 bits per heavy atom. The van der Waals surface area contributed by atoms with Gasteiger partial charge in [-0.25, -0.2) is 0 Å². The van der Waals surface area contributed by atoms with E-state index in [9.17, 15) is 0 Å². The molecular weight excluding hydrogens is 242 g/mol. The fraction of sp³-hybridized carbons (Fsp3) is 1.00. The summed E-state index contributed by atoms with van der Waals surface area (Å²) in [4.78, 5) is 0. The van der Waals surface area contributed by atoms with Crippen molar-refractivity contribution >= 4 is 11.8 Å². The van der Waals surface area contributed by atoms with Gasteiger partial charge in [-0.15, -0.1) is 0 Å². The summed E-state index contributed by atoms with van der Waals surface area (Å²) in [5.74, 6) is 2.24. The Balaban J connectivity index is 1.80. The lowest BCUT2D eigenvalue weighted by molar-refractivity contribution is 0.143. The normalized spacial score (nSPS) is 24.3. The van der Waals surface area contributed by atoms with E-state index >= 15 is 0 Å². The molecule has 2 atom stereocenters. The fourth-order valence-electron chi connectivity index (χ4n) is 2.55. The number of unbranched alkanes of at least 4 members (excludes halogenated alkanes) is 1. The van der Waals surface area contributed by atoms with Gasteiger partial charge in [0, 0.05) is 30.8 Å². The lowest BCUT2D eigenvalue weighted by atomic mass is 9.91. The lowest BCUT2D eigenvalue weighted by Gasteiger charge is -2.26. The standard InChI is InChI=1S/C15H31NOS/c1-3-17-11-5-4-9-16-10-12-18-15-8-6-7-14(2)13-15/h14-16H,3-13H2,1-2H3. The van der Waals surface area contributed by atoms with Crippen molar-refractivity contribution in [2.45, 2.75) is 57.6 Å². The highest BCUT2D eigenvalue weighted by Crippen LogP contribution is 2.31. The van der Waals surface area contributed by atoms with Crippen LogP contribution in [0.3, 0.4) is 0 Å². The monoisotopic (exact) mass is 273 g/mol. The van der Waals surface area contributed by atoms with Gasteiger partial charge in [-0.2, -0.15) is 11.8 Å². The molecule has 0 heterocycles. The van der Waals surface area contributed by atoms with Crippen LogP contribution >= 0.6 is 11.8 Å². The molecule has 3 heteroatoms. The first kappa shape index (κ1) is 16.3. The quantitative estimate of drug-likeness (QED) is 0.613. The van der Waals surface area contributed by atoms with Crippen molar-refractivity contribution in [1.29, 1.82) is 0 Å². The second-order valence-electron chi connectivity index (χ2n) is 5.42. The van der Waals surface area contributed by atoms with Crippen molar-refractivity contribution in [3.8, 4) is 0 Å². The zero-order chi connectivity index (χ0) is 13.1. The molecule has 1 aliphatic rings. The van der Waals surface area contributed by atoms with Crippen LogP contribution in [0.15, 0.2) is 0 Å². The summed E-state index contributed by atoms with van der Waals surface area (Å²) in [5, 5.41) is 4.48. The maximum Gasteiger partial charge on any atom is 0.0466 e. The Bertz CT molecular complexity index is 189. The highest BCUT2D eigenvalue weighted by Gasteiger charge is 2.18. The van der Waals surface area contributed by atoms with Crippen molar-refractivity contribution < 1.29 is 4.74 Å². The third-order valence-electron chi connectivity index (χ3n) is 3.62. The number of rotatable bonds is 10. The highest BCUT2D eigenvalue weighted by molar-refractivity contribution is 7.99. The number of hydrogen-bond donors (Lipinski definition) is 1. The third-order valence-corrected chi connectivity index (χ3v) is 4.96. The Labute approximate surface area is 118 Å². The summed E-state index contributed by atoms with van der Waals surface area (Å²) in [7, 11) is 0. The molecule has 0 aromatic heterocycles. The molecule has 0 aromatic carbocycles. The molecule has 2 unspecified atom stereocenters. The molecule has 0 aliphatic heterocycles. The average molecular weight is 273 g/mol. The van der Waals surface area contributed by atoms with Crippen LogP contribution in [0, 0.1) is 5.92 Å². The topological polar surface area (TPSA) is 21.3 Å². The van der Waals surface area contributed by atoms with E-state index in [-0.39, 0.29) is 0 Å². The van der Waals surface area contributed by atoms with Gasteiger partial charge in [-0.1, -0.05) is 19.8 Å². The zero-order valence-electron chi connectivity index (χ0n) is 12.2. The van der Waals surface area contributed by atoms with Gasteiger partial charge >= 0.3 is 0 Å². The molecule has 18 heavy (non-hydrogen) atoms. The van der Waals surface area contributed by atoms with E-state index in [1.165, 1.54) is 50.8 Å². The van der Waals surface area contributed by atoms with E-state index in [1.54, 1.807) is 0 Å². The van der Waals surface area contributed by atoms with Crippen LogP contribution in [0.2, 0.25) is 0 Å². The minimum Gasteiger partial charge on any atom is -0.382 e. The van der Waals surface area contributed by atoms with E-state index < -0.39 is 0 Å². The van der Waals surface area contributed by atoms with E-state index in [2.05, 4.69) is 30.9 Å². The molecule has 1 fully saturated rings. The smallest absolute Gasteiger partial charge is 0.0466 e. The summed E-state index contributed by atoms with van der Waals surface area (Å²) in [5.41, 5.74) is 0. The number of thioether (sulfide) groups is 1. The summed E-state index contributed by atoms with van der Waals surface area (Å²) >= 11 is 2.19. The molecule has 1 aliphatic carbocycles. The number of hydrogen-bond acceptors (Lipinski definition) is 3. The van der Waals surface area contributed by atoms with Gasteiger partial charge in [0.2, 0.25) is 0 Å². The van der Waals surface area contributed by atoms with Crippen LogP contribution in [-0.4, -0.2) is 37.3 Å². The Hall–Kier alpha value is 0.270. The Kier molecular flexibility index (Phi) is 10.1. The SMILES string of the molecule is CCOCCCCNCCSC1CCCC(C)C1. The van der Waals surface area contributed by atoms with Crippen molar-refractivity contribution in [2.24, 2.45) is 5.92 Å². The summed E-state index contributed by atoms with van der Waals surface area (Å²) < 4.78 is 5.32. The first-order valence-corrected chi connectivity index (χ1v) is 8.78. The minimum absolute atomic E-state index is 0.851. The molecule has 1 rings (SSSR count). The molecule has 1 N–H and O–H groups in total. The maximum absolute atomic E-state index is 5.32. The number of nitrogens with one attached hydrogen (secondary N) is 1. The highest BCUT2D eigenvalue weighted by atomic mass is 32.2. The maximum atomic E-state index is 5.32. The fourth-order valence-corrected chi connectivity index (χ4v) is 3.94. The first-order chi connectivity index (χ1) is 8.83. The molecule has 0 bridgehead atoms. The van der Waals surface area contributed by atoms with Crippen molar-refractivity contribution in [3.63, 3.8) is 0 Å². The molecular formula is C15H31NOS. The van der Waals surface area contributed by atoms with E-state index in [0.29, 0.717) is 0 Å². The van der Waals surface area contributed by atoms with Crippen LogP contribution in [0.25, 0.3) is 0 Å². The summed E-state index contributed by atoms with van der Waals surface area (Å²) in [6.45, 7) is 8.56. The first-order valence-electron chi connectivity index (χ1n) is 7.73. The van der Waals surface area contributed by atoms with E-state index in [0.717, 1.165) is 30.9 Å². The molecule has 108 valence electrons. The Morgan fingerprint density at radius 2 is 2.11 bits per heavy atom. The molecule has 0 spiro atoms. The van der Waals surface area contributed by atoms with Gasteiger partial charge in [0.25, 0.3) is 0 Å². The molecule has 0 saturated heterocycles. The minimum atomic E-state index is 0.851. The predicted molar refractivity (Wildman–Crippen MR) is 82.5 cm³/mol. The van der Waals surface area contributed by atoms with Crippen LogP contribution in [0.4, 0.5) is 0 Å². The van der Waals surface area contributed by atoms with Crippen molar-refractivity contribution in [1.82, 2.24) is 5.32 Å². The largest absolute Gasteiger partial charge is 0.382 e. The van der Waals surface area contributed by atoms with E-state index in [4.69, 9.17) is 4.74 Å². The molecule has 1 saturated carbocycles.